The van der Waals surface area contributed by atoms with Gasteiger partial charge in [0.1, 0.15) is 0 Å². The van der Waals surface area contributed by atoms with E-state index in [0.29, 0.717) is 13.0 Å². The fraction of sp³-hybridized carbons (Fsp3) is 0.579. The van der Waals surface area contributed by atoms with Crippen LogP contribution in [-0.2, 0) is 15.8 Å². The van der Waals surface area contributed by atoms with Crippen molar-refractivity contribution in [2.75, 3.05) is 6.54 Å². The van der Waals surface area contributed by atoms with Gasteiger partial charge in [-0.2, -0.15) is 13.2 Å². The van der Waals surface area contributed by atoms with Gasteiger partial charge < -0.3 is 10.0 Å². The van der Waals surface area contributed by atoms with Crippen LogP contribution in [0, 0.1) is 0 Å². The lowest BCUT2D eigenvalue weighted by Gasteiger charge is -2.36. The van der Waals surface area contributed by atoms with Crippen molar-refractivity contribution >= 4 is 11.9 Å². The van der Waals surface area contributed by atoms with Crippen molar-refractivity contribution in [3.05, 3.63) is 35.4 Å². The molecule has 1 saturated heterocycles. The van der Waals surface area contributed by atoms with Gasteiger partial charge in [-0.15, -0.1) is 0 Å². The molecule has 1 aliphatic heterocycles. The first-order valence-electron chi connectivity index (χ1n) is 8.87. The van der Waals surface area contributed by atoms with Gasteiger partial charge in [-0.1, -0.05) is 25.1 Å². The molecule has 1 heterocycles. The summed E-state index contributed by atoms with van der Waals surface area (Å²) in [5.41, 5.74) is -0.589. The number of carbonyl (C=O) groups is 2. The molecule has 1 aliphatic rings. The second-order valence-corrected chi connectivity index (χ2v) is 6.86. The number of hydrogen-bond donors (Lipinski definition) is 1. The lowest BCUT2D eigenvalue weighted by molar-refractivity contribution is -0.140. The summed E-state index contributed by atoms with van der Waals surface area (Å²) in [6.07, 6.45) is -1.59. The van der Waals surface area contributed by atoms with E-state index in [4.69, 9.17) is 5.11 Å². The Balaban J connectivity index is 2.09. The van der Waals surface area contributed by atoms with Gasteiger partial charge >= 0.3 is 12.1 Å². The Bertz CT molecular complexity index is 645. The standard InChI is InChI=1S/C19H24F3NO3/c1-13(15-7-2-3-8-16(15)19(20,21)22)12-17(24)23-11-5-4-6-14(23)9-10-18(25)26/h2-3,7-8,13-14H,4-6,9-12H2,1H3,(H,25,26). The summed E-state index contributed by atoms with van der Waals surface area (Å²) in [7, 11) is 0. The van der Waals surface area contributed by atoms with E-state index in [1.807, 2.05) is 0 Å². The van der Waals surface area contributed by atoms with E-state index >= 15 is 0 Å². The number of carboxylic acids is 1. The maximum absolute atomic E-state index is 13.2. The molecule has 26 heavy (non-hydrogen) atoms. The number of nitrogens with zero attached hydrogens (tertiary/aromatic N) is 1. The number of piperidine rings is 1. The van der Waals surface area contributed by atoms with Gasteiger partial charge in [0.25, 0.3) is 0 Å². The molecule has 0 bridgehead atoms. The first kappa shape index (κ1) is 20.3. The Hall–Kier alpha value is -2.05. The second kappa shape index (κ2) is 8.56. The molecule has 0 spiro atoms. The molecule has 1 N–H and O–H groups in total. The number of carboxylic acid groups (broad SMARTS) is 1. The average Bonchev–Trinajstić information content (AvgIpc) is 2.59. The molecule has 2 atom stereocenters. The summed E-state index contributed by atoms with van der Waals surface area (Å²) in [6, 6.07) is 5.19. The molecule has 0 aromatic heterocycles. The molecule has 144 valence electrons. The molecule has 4 nitrogen and oxygen atoms in total. The van der Waals surface area contributed by atoms with Crippen molar-refractivity contribution in [1.29, 1.82) is 0 Å². The van der Waals surface area contributed by atoms with Crippen LogP contribution in [0.1, 0.15) is 62.5 Å². The summed E-state index contributed by atoms with van der Waals surface area (Å²) in [4.78, 5) is 25.2. The van der Waals surface area contributed by atoms with E-state index in [1.54, 1.807) is 17.9 Å². The summed E-state index contributed by atoms with van der Waals surface area (Å²) in [5, 5.41) is 8.86. The van der Waals surface area contributed by atoms with Gasteiger partial charge in [0.05, 0.1) is 5.56 Å². The zero-order chi connectivity index (χ0) is 19.3. The predicted molar refractivity (Wildman–Crippen MR) is 90.7 cm³/mol. The van der Waals surface area contributed by atoms with Crippen molar-refractivity contribution < 1.29 is 27.9 Å². The first-order chi connectivity index (χ1) is 12.2. The molecule has 1 amide bonds. The lowest BCUT2D eigenvalue weighted by Crippen LogP contribution is -2.44. The van der Waals surface area contributed by atoms with E-state index in [2.05, 4.69) is 0 Å². The van der Waals surface area contributed by atoms with E-state index in [1.165, 1.54) is 12.1 Å². The normalized spacial score (nSPS) is 19.2. The van der Waals surface area contributed by atoms with Crippen molar-refractivity contribution in [2.24, 2.45) is 0 Å². The topological polar surface area (TPSA) is 57.6 Å². The van der Waals surface area contributed by atoms with Gasteiger partial charge in [-0.3, -0.25) is 9.59 Å². The minimum atomic E-state index is -4.46. The summed E-state index contributed by atoms with van der Waals surface area (Å²) < 4.78 is 39.6. The Kier molecular flexibility index (Phi) is 6.67. The number of benzene rings is 1. The molecule has 0 saturated carbocycles. The number of likely N-dealkylation sites (tertiary alicyclic amines) is 1. The van der Waals surface area contributed by atoms with Crippen LogP contribution in [0.25, 0.3) is 0 Å². The Labute approximate surface area is 151 Å². The summed E-state index contributed by atoms with van der Waals surface area (Å²) >= 11 is 0. The second-order valence-electron chi connectivity index (χ2n) is 6.86. The Morgan fingerprint density at radius 2 is 1.96 bits per heavy atom. The highest BCUT2D eigenvalue weighted by molar-refractivity contribution is 5.77. The Morgan fingerprint density at radius 1 is 1.27 bits per heavy atom. The highest BCUT2D eigenvalue weighted by Gasteiger charge is 2.35. The van der Waals surface area contributed by atoms with Crippen LogP contribution in [-0.4, -0.2) is 34.5 Å². The molecular formula is C19H24F3NO3. The molecular weight excluding hydrogens is 347 g/mol. The molecule has 7 heteroatoms. The SMILES string of the molecule is CC(CC(=O)N1CCCCC1CCC(=O)O)c1ccccc1C(F)(F)F. The highest BCUT2D eigenvalue weighted by Crippen LogP contribution is 2.36. The van der Waals surface area contributed by atoms with Crippen LogP contribution in [0.2, 0.25) is 0 Å². The van der Waals surface area contributed by atoms with Crippen molar-refractivity contribution in [2.45, 2.75) is 63.6 Å². The molecule has 0 radical (unpaired) electrons. The number of halogens is 3. The van der Waals surface area contributed by atoms with Crippen LogP contribution in [0.15, 0.2) is 24.3 Å². The number of alkyl halides is 3. The smallest absolute Gasteiger partial charge is 0.416 e. The molecule has 1 aromatic rings. The van der Waals surface area contributed by atoms with Crippen molar-refractivity contribution in [3.8, 4) is 0 Å². The molecule has 1 fully saturated rings. The highest BCUT2D eigenvalue weighted by atomic mass is 19.4. The summed E-state index contributed by atoms with van der Waals surface area (Å²) in [5.74, 6) is -1.68. The number of hydrogen-bond acceptors (Lipinski definition) is 2. The van der Waals surface area contributed by atoms with Crippen molar-refractivity contribution in [3.63, 3.8) is 0 Å². The fourth-order valence-electron chi connectivity index (χ4n) is 3.59. The Morgan fingerprint density at radius 3 is 2.62 bits per heavy atom. The average molecular weight is 371 g/mol. The van der Waals surface area contributed by atoms with Crippen LogP contribution < -0.4 is 0 Å². The number of carbonyl (C=O) groups excluding carboxylic acids is 1. The van der Waals surface area contributed by atoms with Gasteiger partial charge in [0.2, 0.25) is 5.91 Å². The van der Waals surface area contributed by atoms with Crippen molar-refractivity contribution in [1.82, 2.24) is 4.90 Å². The van der Waals surface area contributed by atoms with Gasteiger partial charge in [-0.05, 0) is 43.2 Å². The van der Waals surface area contributed by atoms with Crippen LogP contribution >= 0.6 is 0 Å². The summed E-state index contributed by atoms with van der Waals surface area (Å²) in [6.45, 7) is 2.16. The third kappa shape index (κ3) is 5.22. The third-order valence-electron chi connectivity index (χ3n) is 4.92. The minimum Gasteiger partial charge on any atom is -0.481 e. The number of aliphatic carboxylic acids is 1. The molecule has 2 unspecified atom stereocenters. The lowest BCUT2D eigenvalue weighted by atomic mass is 9.91. The zero-order valence-electron chi connectivity index (χ0n) is 14.8. The minimum absolute atomic E-state index is 0.0130. The van der Waals surface area contributed by atoms with Crippen LogP contribution in [0.4, 0.5) is 13.2 Å². The first-order valence-corrected chi connectivity index (χ1v) is 8.87. The van der Waals surface area contributed by atoms with Gasteiger partial charge in [-0.25, -0.2) is 0 Å². The van der Waals surface area contributed by atoms with E-state index in [-0.39, 0.29) is 30.4 Å². The molecule has 1 aromatic carbocycles. The van der Waals surface area contributed by atoms with Gasteiger partial charge in [0, 0.05) is 25.4 Å². The maximum atomic E-state index is 13.2. The molecule has 2 rings (SSSR count). The predicted octanol–water partition coefficient (Wildman–Crippen LogP) is 4.44. The van der Waals surface area contributed by atoms with Gasteiger partial charge in [0.15, 0.2) is 0 Å². The van der Waals surface area contributed by atoms with Crippen LogP contribution in [0.5, 0.6) is 0 Å². The van der Waals surface area contributed by atoms with E-state index < -0.39 is 23.6 Å². The molecule has 0 aliphatic carbocycles. The third-order valence-corrected chi connectivity index (χ3v) is 4.92. The monoisotopic (exact) mass is 371 g/mol. The fourth-order valence-corrected chi connectivity index (χ4v) is 3.59. The quantitative estimate of drug-likeness (QED) is 0.804. The van der Waals surface area contributed by atoms with Crippen LogP contribution in [0.3, 0.4) is 0 Å². The van der Waals surface area contributed by atoms with E-state index in [9.17, 15) is 22.8 Å². The number of amides is 1. The number of rotatable bonds is 6. The zero-order valence-corrected chi connectivity index (χ0v) is 14.8. The largest absolute Gasteiger partial charge is 0.481 e. The van der Waals surface area contributed by atoms with E-state index in [0.717, 1.165) is 25.3 Å². The maximum Gasteiger partial charge on any atom is 0.416 e.